The van der Waals surface area contributed by atoms with Crippen molar-refractivity contribution < 1.29 is 14.3 Å². The zero-order chi connectivity index (χ0) is 12.0. The third-order valence-corrected chi connectivity index (χ3v) is 3.29. The first-order valence-electron chi connectivity index (χ1n) is 5.68. The summed E-state index contributed by atoms with van der Waals surface area (Å²) < 4.78 is 10.4. The van der Waals surface area contributed by atoms with Crippen LogP contribution in [0.2, 0.25) is 0 Å². The number of methoxy groups -OCH3 is 1. The van der Waals surface area contributed by atoms with E-state index in [0.717, 1.165) is 25.7 Å². The van der Waals surface area contributed by atoms with Gasteiger partial charge in [-0.2, -0.15) is 0 Å². The Labute approximate surface area is 97.0 Å². The topological polar surface area (TPSA) is 47.6 Å². The van der Waals surface area contributed by atoms with E-state index in [-0.39, 0.29) is 12.1 Å². The Kier molecular flexibility index (Phi) is 4.96. The smallest absolute Gasteiger partial charge is 0.326 e. The van der Waals surface area contributed by atoms with Gasteiger partial charge in [-0.15, -0.1) is 6.58 Å². The summed E-state index contributed by atoms with van der Waals surface area (Å²) in [5.41, 5.74) is -0.511. The van der Waals surface area contributed by atoms with Crippen molar-refractivity contribution in [1.82, 2.24) is 5.32 Å². The van der Waals surface area contributed by atoms with Gasteiger partial charge in [-0.25, -0.2) is 0 Å². The highest BCUT2D eigenvalue weighted by Gasteiger charge is 2.41. The molecule has 1 aliphatic carbocycles. The van der Waals surface area contributed by atoms with Crippen LogP contribution >= 0.6 is 0 Å². The second-order valence-corrected chi connectivity index (χ2v) is 4.15. The Balaban J connectivity index is 2.50. The molecule has 0 heterocycles. The number of carbonyl (C=O) groups excluding carboxylic acids is 1. The zero-order valence-corrected chi connectivity index (χ0v) is 10.1. The number of ether oxygens (including phenoxy) is 2. The molecule has 1 fully saturated rings. The van der Waals surface area contributed by atoms with Crippen molar-refractivity contribution in [2.45, 2.75) is 37.3 Å². The highest BCUT2D eigenvalue weighted by molar-refractivity contribution is 5.80. The van der Waals surface area contributed by atoms with E-state index in [1.54, 1.807) is 6.08 Å². The predicted molar refractivity (Wildman–Crippen MR) is 62.2 cm³/mol. The standard InChI is InChI=1S/C12H21NO3/c1-4-9-16-10-5-7-12(13-2,8-6-10)11(14)15-3/h4,10,13H,1,5-9H2,2-3H3. The quantitative estimate of drug-likeness (QED) is 0.567. The molecule has 0 aromatic rings. The van der Waals surface area contributed by atoms with Crippen LogP contribution < -0.4 is 5.32 Å². The highest BCUT2D eigenvalue weighted by Crippen LogP contribution is 2.30. The van der Waals surface area contributed by atoms with Gasteiger partial charge in [0.15, 0.2) is 0 Å². The van der Waals surface area contributed by atoms with E-state index in [4.69, 9.17) is 9.47 Å². The van der Waals surface area contributed by atoms with Gasteiger partial charge >= 0.3 is 5.97 Å². The molecular weight excluding hydrogens is 206 g/mol. The zero-order valence-electron chi connectivity index (χ0n) is 10.1. The van der Waals surface area contributed by atoms with Gasteiger partial charge < -0.3 is 14.8 Å². The van der Waals surface area contributed by atoms with Crippen molar-refractivity contribution in [1.29, 1.82) is 0 Å². The summed E-state index contributed by atoms with van der Waals surface area (Å²) in [5.74, 6) is -0.169. The summed E-state index contributed by atoms with van der Waals surface area (Å²) in [6.07, 6.45) is 5.27. The van der Waals surface area contributed by atoms with E-state index in [1.807, 2.05) is 7.05 Å². The molecule has 0 spiro atoms. The fraction of sp³-hybridized carbons (Fsp3) is 0.750. The van der Waals surface area contributed by atoms with Gasteiger partial charge in [0.2, 0.25) is 0 Å². The molecule has 0 saturated heterocycles. The van der Waals surface area contributed by atoms with Crippen molar-refractivity contribution in [2.75, 3.05) is 20.8 Å². The Bertz CT molecular complexity index is 245. The fourth-order valence-electron chi connectivity index (χ4n) is 2.21. The molecule has 16 heavy (non-hydrogen) atoms. The normalized spacial score (nSPS) is 29.8. The lowest BCUT2D eigenvalue weighted by molar-refractivity contribution is -0.151. The van der Waals surface area contributed by atoms with Gasteiger partial charge in [-0.05, 0) is 32.7 Å². The maximum atomic E-state index is 11.7. The van der Waals surface area contributed by atoms with Gasteiger partial charge in [0.05, 0.1) is 19.8 Å². The van der Waals surface area contributed by atoms with Crippen LogP contribution in [0.5, 0.6) is 0 Å². The Morgan fingerprint density at radius 1 is 1.56 bits per heavy atom. The lowest BCUT2D eigenvalue weighted by Crippen LogP contribution is -2.54. The average molecular weight is 227 g/mol. The largest absolute Gasteiger partial charge is 0.468 e. The van der Waals surface area contributed by atoms with Crippen LogP contribution in [-0.2, 0) is 14.3 Å². The minimum absolute atomic E-state index is 0.169. The lowest BCUT2D eigenvalue weighted by Gasteiger charge is -2.37. The van der Waals surface area contributed by atoms with Crippen LogP contribution in [0.15, 0.2) is 12.7 Å². The molecule has 1 saturated carbocycles. The Morgan fingerprint density at radius 2 is 2.19 bits per heavy atom. The van der Waals surface area contributed by atoms with E-state index in [0.29, 0.717) is 6.61 Å². The van der Waals surface area contributed by atoms with Gasteiger partial charge in [0.25, 0.3) is 0 Å². The molecular formula is C12H21NO3. The van der Waals surface area contributed by atoms with Gasteiger partial charge in [-0.3, -0.25) is 4.79 Å². The second-order valence-electron chi connectivity index (χ2n) is 4.15. The molecule has 1 aliphatic rings. The molecule has 0 radical (unpaired) electrons. The summed E-state index contributed by atoms with van der Waals surface area (Å²) in [4.78, 5) is 11.7. The minimum Gasteiger partial charge on any atom is -0.468 e. The summed E-state index contributed by atoms with van der Waals surface area (Å²) in [6, 6.07) is 0. The van der Waals surface area contributed by atoms with Crippen LogP contribution in [0.4, 0.5) is 0 Å². The molecule has 0 atom stereocenters. The molecule has 92 valence electrons. The summed E-state index contributed by atoms with van der Waals surface area (Å²) in [7, 11) is 3.24. The first kappa shape index (κ1) is 13.2. The van der Waals surface area contributed by atoms with Gasteiger partial charge in [-0.1, -0.05) is 6.08 Å². The molecule has 0 bridgehead atoms. The van der Waals surface area contributed by atoms with E-state index in [9.17, 15) is 4.79 Å². The number of likely N-dealkylation sites (N-methyl/N-ethyl adjacent to an activating group) is 1. The Morgan fingerprint density at radius 3 is 2.62 bits per heavy atom. The maximum Gasteiger partial charge on any atom is 0.326 e. The number of rotatable bonds is 5. The molecule has 0 amide bonds. The lowest BCUT2D eigenvalue weighted by atomic mass is 9.80. The van der Waals surface area contributed by atoms with Crippen molar-refractivity contribution in [3.63, 3.8) is 0 Å². The van der Waals surface area contributed by atoms with E-state index in [1.165, 1.54) is 7.11 Å². The van der Waals surface area contributed by atoms with Crippen LogP contribution in [0.3, 0.4) is 0 Å². The third-order valence-electron chi connectivity index (χ3n) is 3.29. The summed E-state index contributed by atoms with van der Waals surface area (Å²) in [5, 5.41) is 3.09. The number of hydrogen-bond acceptors (Lipinski definition) is 4. The molecule has 0 unspecified atom stereocenters. The van der Waals surface area contributed by atoms with Gasteiger partial charge in [0.1, 0.15) is 5.54 Å². The Hall–Kier alpha value is -0.870. The molecule has 1 rings (SSSR count). The second kappa shape index (κ2) is 6.01. The van der Waals surface area contributed by atoms with Crippen molar-refractivity contribution >= 4 is 5.97 Å². The van der Waals surface area contributed by atoms with Crippen molar-refractivity contribution in [3.05, 3.63) is 12.7 Å². The predicted octanol–water partition coefficient (Wildman–Crippen LogP) is 1.26. The molecule has 0 aromatic heterocycles. The highest BCUT2D eigenvalue weighted by atomic mass is 16.5. The number of carbonyl (C=O) groups is 1. The number of nitrogens with one attached hydrogen (secondary N) is 1. The van der Waals surface area contributed by atoms with Gasteiger partial charge in [0, 0.05) is 0 Å². The third kappa shape index (κ3) is 2.83. The molecule has 4 heteroatoms. The molecule has 0 aliphatic heterocycles. The minimum atomic E-state index is -0.511. The summed E-state index contributed by atoms with van der Waals surface area (Å²) in [6.45, 7) is 4.20. The fourth-order valence-corrected chi connectivity index (χ4v) is 2.21. The molecule has 0 aromatic carbocycles. The van der Waals surface area contributed by atoms with Crippen LogP contribution in [0.25, 0.3) is 0 Å². The molecule has 4 nitrogen and oxygen atoms in total. The van der Waals surface area contributed by atoms with E-state index in [2.05, 4.69) is 11.9 Å². The monoisotopic (exact) mass is 227 g/mol. The van der Waals surface area contributed by atoms with Crippen LogP contribution in [-0.4, -0.2) is 38.4 Å². The van der Waals surface area contributed by atoms with Crippen LogP contribution in [0.1, 0.15) is 25.7 Å². The maximum absolute atomic E-state index is 11.7. The number of hydrogen-bond donors (Lipinski definition) is 1. The van der Waals surface area contributed by atoms with E-state index < -0.39 is 5.54 Å². The molecule has 1 N–H and O–H groups in total. The van der Waals surface area contributed by atoms with Crippen LogP contribution in [0, 0.1) is 0 Å². The first-order valence-corrected chi connectivity index (χ1v) is 5.68. The SMILES string of the molecule is C=CCOC1CCC(NC)(C(=O)OC)CC1. The summed E-state index contributed by atoms with van der Waals surface area (Å²) >= 11 is 0. The van der Waals surface area contributed by atoms with E-state index >= 15 is 0 Å². The number of esters is 1. The van der Waals surface area contributed by atoms with Crippen molar-refractivity contribution in [2.24, 2.45) is 0 Å². The first-order chi connectivity index (χ1) is 7.68. The average Bonchev–Trinajstić information content (AvgIpc) is 2.36. The van der Waals surface area contributed by atoms with Crippen molar-refractivity contribution in [3.8, 4) is 0 Å².